The Kier molecular flexibility index (Phi) is 4.62. The zero-order valence-electron chi connectivity index (χ0n) is 11.6. The summed E-state index contributed by atoms with van der Waals surface area (Å²) in [5, 5.41) is 11.7. The molecule has 0 radical (unpaired) electrons. The number of anilines is 2. The van der Waals surface area contributed by atoms with Crippen LogP contribution in [-0.4, -0.2) is 40.7 Å². The van der Waals surface area contributed by atoms with Crippen LogP contribution in [0, 0.1) is 6.92 Å². The number of ether oxygens (including phenoxy) is 1. The molecule has 2 rings (SSSR count). The van der Waals surface area contributed by atoms with Gasteiger partial charge in [0.1, 0.15) is 12.4 Å². The van der Waals surface area contributed by atoms with Gasteiger partial charge in [0, 0.05) is 18.5 Å². The fourth-order valence-electron chi connectivity index (χ4n) is 1.63. The van der Waals surface area contributed by atoms with Crippen LogP contribution >= 0.6 is 0 Å². The van der Waals surface area contributed by atoms with Crippen LogP contribution in [0.15, 0.2) is 24.3 Å². The molecule has 2 amide bonds. The molecule has 0 saturated carbocycles. The van der Waals surface area contributed by atoms with Gasteiger partial charge < -0.3 is 15.4 Å². The molecule has 1 aromatic carbocycles. The zero-order chi connectivity index (χ0) is 15.2. The molecule has 0 saturated heterocycles. The quantitative estimate of drug-likeness (QED) is 0.759. The summed E-state index contributed by atoms with van der Waals surface area (Å²) < 4.78 is 4.73. The molecule has 0 fully saturated rings. The maximum Gasteiger partial charge on any atom is 0.295 e. The smallest absolute Gasteiger partial charge is 0.295 e. The van der Waals surface area contributed by atoms with Gasteiger partial charge in [-0.3, -0.25) is 14.7 Å². The van der Waals surface area contributed by atoms with Crippen molar-refractivity contribution in [2.45, 2.75) is 6.92 Å². The number of carbonyl (C=O) groups is 2. The highest BCUT2D eigenvalue weighted by atomic mass is 16.5. The SMILES string of the molecule is COCC(=O)Nc1cccc(NC(=O)c2n[nH]c(C)n2)c1. The van der Waals surface area contributed by atoms with Crippen molar-refractivity contribution in [3.63, 3.8) is 0 Å². The topological polar surface area (TPSA) is 109 Å². The highest BCUT2D eigenvalue weighted by molar-refractivity contribution is 6.02. The van der Waals surface area contributed by atoms with E-state index in [4.69, 9.17) is 4.74 Å². The molecule has 0 aliphatic carbocycles. The molecule has 2 aromatic rings. The summed E-state index contributed by atoms with van der Waals surface area (Å²) in [6.07, 6.45) is 0. The molecule has 8 nitrogen and oxygen atoms in total. The first kappa shape index (κ1) is 14.7. The van der Waals surface area contributed by atoms with Crippen LogP contribution < -0.4 is 10.6 Å². The standard InChI is InChI=1S/C13H15N5O3/c1-8-14-12(18-17-8)13(20)16-10-5-3-4-9(6-10)15-11(19)7-21-2/h3-6H,7H2,1-2H3,(H,15,19)(H,16,20)(H,14,17,18). The van der Waals surface area contributed by atoms with E-state index in [2.05, 4.69) is 25.8 Å². The number of aromatic amines is 1. The van der Waals surface area contributed by atoms with Crippen LogP contribution in [0.2, 0.25) is 0 Å². The van der Waals surface area contributed by atoms with E-state index in [0.717, 1.165) is 0 Å². The number of aryl methyl sites for hydroxylation is 1. The second-order valence-corrected chi connectivity index (χ2v) is 4.26. The number of rotatable bonds is 5. The average Bonchev–Trinajstić information content (AvgIpc) is 2.86. The van der Waals surface area contributed by atoms with E-state index < -0.39 is 5.91 Å². The molecule has 1 aromatic heterocycles. The minimum atomic E-state index is -0.431. The summed E-state index contributed by atoms with van der Waals surface area (Å²) in [5.41, 5.74) is 1.08. The highest BCUT2D eigenvalue weighted by Gasteiger charge is 2.11. The van der Waals surface area contributed by atoms with E-state index in [1.807, 2.05) is 0 Å². The molecule has 110 valence electrons. The van der Waals surface area contributed by atoms with E-state index in [-0.39, 0.29) is 18.3 Å². The first-order valence-corrected chi connectivity index (χ1v) is 6.17. The fourth-order valence-corrected chi connectivity index (χ4v) is 1.63. The maximum absolute atomic E-state index is 11.9. The normalized spacial score (nSPS) is 10.2. The summed E-state index contributed by atoms with van der Waals surface area (Å²) in [4.78, 5) is 27.3. The number of nitrogens with one attached hydrogen (secondary N) is 3. The van der Waals surface area contributed by atoms with Crippen molar-refractivity contribution in [2.75, 3.05) is 24.4 Å². The fraction of sp³-hybridized carbons (Fsp3) is 0.231. The lowest BCUT2D eigenvalue weighted by atomic mass is 10.2. The van der Waals surface area contributed by atoms with Gasteiger partial charge in [-0.25, -0.2) is 4.98 Å². The first-order valence-electron chi connectivity index (χ1n) is 6.17. The lowest BCUT2D eigenvalue weighted by Crippen LogP contribution is -2.17. The van der Waals surface area contributed by atoms with Gasteiger partial charge in [-0.15, -0.1) is 5.10 Å². The van der Waals surface area contributed by atoms with E-state index in [1.165, 1.54) is 7.11 Å². The number of amides is 2. The number of carbonyl (C=O) groups excluding carboxylic acids is 2. The third-order valence-electron chi connectivity index (χ3n) is 2.48. The maximum atomic E-state index is 11.9. The second kappa shape index (κ2) is 6.62. The van der Waals surface area contributed by atoms with Crippen LogP contribution in [0.25, 0.3) is 0 Å². The van der Waals surface area contributed by atoms with E-state index >= 15 is 0 Å². The molecule has 0 bridgehead atoms. The molecular weight excluding hydrogens is 274 g/mol. The Balaban J connectivity index is 2.04. The van der Waals surface area contributed by atoms with Crippen molar-refractivity contribution >= 4 is 23.2 Å². The summed E-state index contributed by atoms with van der Waals surface area (Å²) in [7, 11) is 1.44. The molecule has 1 heterocycles. The Bertz CT molecular complexity index is 653. The van der Waals surface area contributed by atoms with Crippen molar-refractivity contribution in [1.82, 2.24) is 15.2 Å². The number of methoxy groups -OCH3 is 1. The first-order chi connectivity index (χ1) is 10.1. The highest BCUT2D eigenvalue weighted by Crippen LogP contribution is 2.15. The van der Waals surface area contributed by atoms with Gasteiger partial charge in [-0.2, -0.15) is 0 Å². The van der Waals surface area contributed by atoms with Gasteiger partial charge in [0.15, 0.2) is 0 Å². The van der Waals surface area contributed by atoms with Crippen molar-refractivity contribution in [1.29, 1.82) is 0 Å². The minimum absolute atomic E-state index is 0.0347. The van der Waals surface area contributed by atoms with Gasteiger partial charge >= 0.3 is 0 Å². The van der Waals surface area contributed by atoms with Crippen molar-refractivity contribution in [2.24, 2.45) is 0 Å². The Labute approximate surface area is 120 Å². The van der Waals surface area contributed by atoms with E-state index in [1.54, 1.807) is 31.2 Å². The molecule has 0 unspecified atom stereocenters. The van der Waals surface area contributed by atoms with Crippen molar-refractivity contribution < 1.29 is 14.3 Å². The molecule has 0 atom stereocenters. The lowest BCUT2D eigenvalue weighted by molar-refractivity contribution is -0.119. The predicted octanol–water partition coefficient (Wildman–Crippen LogP) is 0.950. The van der Waals surface area contributed by atoms with E-state index in [0.29, 0.717) is 17.2 Å². The number of aromatic nitrogens is 3. The number of benzene rings is 1. The molecule has 21 heavy (non-hydrogen) atoms. The van der Waals surface area contributed by atoms with Crippen molar-refractivity contribution in [3.05, 3.63) is 35.9 Å². The predicted molar refractivity (Wildman–Crippen MR) is 76.0 cm³/mol. The van der Waals surface area contributed by atoms with Crippen LogP contribution in [0.5, 0.6) is 0 Å². The van der Waals surface area contributed by atoms with Crippen molar-refractivity contribution in [3.8, 4) is 0 Å². The number of hydrogen-bond donors (Lipinski definition) is 3. The molecule has 3 N–H and O–H groups in total. The van der Waals surface area contributed by atoms with Crippen LogP contribution in [0.1, 0.15) is 16.4 Å². The Morgan fingerprint density at radius 2 is 2.00 bits per heavy atom. The Morgan fingerprint density at radius 3 is 2.62 bits per heavy atom. The largest absolute Gasteiger partial charge is 0.375 e. The Morgan fingerprint density at radius 1 is 1.29 bits per heavy atom. The lowest BCUT2D eigenvalue weighted by Gasteiger charge is -2.07. The van der Waals surface area contributed by atoms with Gasteiger partial charge in [0.25, 0.3) is 5.91 Å². The summed E-state index contributed by atoms with van der Waals surface area (Å²) >= 11 is 0. The molecule has 0 aliphatic heterocycles. The zero-order valence-corrected chi connectivity index (χ0v) is 11.6. The Hall–Kier alpha value is -2.74. The average molecular weight is 289 g/mol. The van der Waals surface area contributed by atoms with Gasteiger partial charge in [0.05, 0.1) is 0 Å². The van der Waals surface area contributed by atoms with Crippen LogP contribution in [0.4, 0.5) is 11.4 Å². The van der Waals surface area contributed by atoms with E-state index in [9.17, 15) is 9.59 Å². The number of nitrogens with zero attached hydrogens (tertiary/aromatic N) is 2. The summed E-state index contributed by atoms with van der Waals surface area (Å²) in [5.74, 6) is -0.0904. The molecule has 0 spiro atoms. The summed E-state index contributed by atoms with van der Waals surface area (Å²) in [6.45, 7) is 1.67. The van der Waals surface area contributed by atoms with Crippen LogP contribution in [0.3, 0.4) is 0 Å². The van der Waals surface area contributed by atoms with Gasteiger partial charge in [-0.1, -0.05) is 6.07 Å². The third kappa shape index (κ3) is 4.11. The summed E-state index contributed by atoms with van der Waals surface area (Å²) in [6, 6.07) is 6.75. The number of hydrogen-bond acceptors (Lipinski definition) is 5. The molecule has 0 aliphatic rings. The van der Waals surface area contributed by atoms with Crippen LogP contribution in [-0.2, 0) is 9.53 Å². The van der Waals surface area contributed by atoms with Gasteiger partial charge in [-0.05, 0) is 25.1 Å². The number of H-pyrrole nitrogens is 1. The monoisotopic (exact) mass is 289 g/mol. The second-order valence-electron chi connectivity index (χ2n) is 4.26. The molecule has 8 heteroatoms. The minimum Gasteiger partial charge on any atom is -0.375 e. The molecular formula is C13H15N5O3. The van der Waals surface area contributed by atoms with Gasteiger partial charge in [0.2, 0.25) is 11.7 Å². The third-order valence-corrected chi connectivity index (χ3v) is 2.48.